The molecule has 3 heteroatoms. The van der Waals surface area contributed by atoms with Crippen LogP contribution < -0.4 is 0 Å². The smallest absolute Gasteiger partial charge is 0.0539 e. The normalized spacial score (nSPS) is 12.1. The molecule has 0 aliphatic heterocycles. The first kappa shape index (κ1) is 12.5. The fourth-order valence-electron chi connectivity index (χ4n) is 1.39. The Balaban J connectivity index is 2.87. The second kappa shape index (κ2) is 4.97. The van der Waals surface area contributed by atoms with Crippen molar-refractivity contribution in [3.63, 3.8) is 0 Å². The fourth-order valence-corrected chi connectivity index (χ4v) is 2.14. The van der Waals surface area contributed by atoms with Gasteiger partial charge in [0.15, 0.2) is 0 Å². The maximum Gasteiger partial charge on any atom is 0.0539 e. The van der Waals surface area contributed by atoms with E-state index in [2.05, 4.69) is 44.8 Å². The number of thioether (sulfide) groups is 1. The minimum absolute atomic E-state index is 0.156. The summed E-state index contributed by atoms with van der Waals surface area (Å²) < 4.78 is 0. The highest BCUT2D eigenvalue weighted by Gasteiger charge is 2.18. The van der Waals surface area contributed by atoms with Gasteiger partial charge in [-0.2, -0.15) is 22.0 Å². The molecular formula is C12H20N2S. The average molecular weight is 224 g/mol. The SMILES string of the molecule is CC(C)SCc1cnncc1C(C)(C)C. The highest BCUT2D eigenvalue weighted by molar-refractivity contribution is 7.99. The lowest BCUT2D eigenvalue weighted by Gasteiger charge is -2.21. The zero-order chi connectivity index (χ0) is 11.5. The number of hydrogen-bond donors (Lipinski definition) is 0. The Morgan fingerprint density at radius 3 is 2.33 bits per heavy atom. The third-order valence-corrected chi connectivity index (χ3v) is 3.34. The maximum atomic E-state index is 3.98. The molecule has 0 saturated carbocycles. The molecule has 2 nitrogen and oxygen atoms in total. The molecule has 0 fully saturated rings. The average Bonchev–Trinajstić information content (AvgIpc) is 2.13. The van der Waals surface area contributed by atoms with Crippen LogP contribution in [0.4, 0.5) is 0 Å². The zero-order valence-electron chi connectivity index (χ0n) is 10.2. The van der Waals surface area contributed by atoms with Crippen molar-refractivity contribution in [3.8, 4) is 0 Å². The van der Waals surface area contributed by atoms with Crippen molar-refractivity contribution in [1.82, 2.24) is 10.2 Å². The highest BCUT2D eigenvalue weighted by Crippen LogP contribution is 2.27. The molecule has 0 aliphatic carbocycles. The van der Waals surface area contributed by atoms with Crippen molar-refractivity contribution in [3.05, 3.63) is 23.5 Å². The second-order valence-electron chi connectivity index (χ2n) is 5.04. The van der Waals surface area contributed by atoms with Gasteiger partial charge in [0.1, 0.15) is 0 Å². The number of aromatic nitrogens is 2. The van der Waals surface area contributed by atoms with Gasteiger partial charge >= 0.3 is 0 Å². The van der Waals surface area contributed by atoms with Gasteiger partial charge in [0.05, 0.1) is 12.4 Å². The number of rotatable bonds is 3. The van der Waals surface area contributed by atoms with Gasteiger partial charge in [-0.25, -0.2) is 0 Å². The molecule has 0 amide bonds. The van der Waals surface area contributed by atoms with E-state index < -0.39 is 0 Å². The first-order valence-electron chi connectivity index (χ1n) is 5.33. The van der Waals surface area contributed by atoms with Crippen LogP contribution in [0.1, 0.15) is 45.7 Å². The van der Waals surface area contributed by atoms with E-state index in [9.17, 15) is 0 Å². The molecule has 0 radical (unpaired) electrons. The van der Waals surface area contributed by atoms with Crippen LogP contribution >= 0.6 is 11.8 Å². The van der Waals surface area contributed by atoms with Crippen LogP contribution in [0.15, 0.2) is 12.4 Å². The summed E-state index contributed by atoms with van der Waals surface area (Å²) in [6, 6.07) is 0. The Kier molecular flexibility index (Phi) is 4.14. The summed E-state index contributed by atoms with van der Waals surface area (Å²) in [5.41, 5.74) is 2.78. The van der Waals surface area contributed by atoms with Gasteiger partial charge in [-0.3, -0.25) is 0 Å². The third-order valence-electron chi connectivity index (χ3n) is 2.19. The molecule has 0 bridgehead atoms. The lowest BCUT2D eigenvalue weighted by molar-refractivity contribution is 0.579. The Labute approximate surface area is 96.9 Å². The molecule has 0 aromatic carbocycles. The lowest BCUT2D eigenvalue weighted by atomic mass is 9.86. The molecule has 1 rings (SSSR count). The van der Waals surface area contributed by atoms with Crippen molar-refractivity contribution < 1.29 is 0 Å². The van der Waals surface area contributed by atoms with E-state index in [0.29, 0.717) is 5.25 Å². The summed E-state index contributed by atoms with van der Waals surface area (Å²) >= 11 is 1.95. The van der Waals surface area contributed by atoms with Crippen molar-refractivity contribution in [2.75, 3.05) is 0 Å². The second-order valence-corrected chi connectivity index (χ2v) is 6.60. The topological polar surface area (TPSA) is 25.8 Å². The van der Waals surface area contributed by atoms with Gasteiger partial charge in [0, 0.05) is 5.75 Å². The van der Waals surface area contributed by atoms with Gasteiger partial charge in [0.25, 0.3) is 0 Å². The van der Waals surface area contributed by atoms with Gasteiger partial charge in [-0.1, -0.05) is 34.6 Å². The maximum absolute atomic E-state index is 3.98. The van der Waals surface area contributed by atoms with Crippen molar-refractivity contribution in [2.45, 2.75) is 51.0 Å². The molecule has 1 aromatic rings. The number of nitrogens with zero attached hydrogens (tertiary/aromatic N) is 2. The molecule has 15 heavy (non-hydrogen) atoms. The van der Waals surface area contributed by atoms with Crippen molar-refractivity contribution in [2.24, 2.45) is 0 Å². The molecule has 0 aliphatic rings. The predicted octanol–water partition coefficient (Wildman–Crippen LogP) is 3.42. The lowest BCUT2D eigenvalue weighted by Crippen LogP contribution is -2.15. The van der Waals surface area contributed by atoms with E-state index in [4.69, 9.17) is 0 Å². The quantitative estimate of drug-likeness (QED) is 0.787. The first-order chi connectivity index (χ1) is 6.91. The van der Waals surface area contributed by atoms with Gasteiger partial charge in [-0.15, -0.1) is 0 Å². The van der Waals surface area contributed by atoms with E-state index in [-0.39, 0.29) is 5.41 Å². The van der Waals surface area contributed by atoms with E-state index in [1.165, 1.54) is 11.1 Å². The standard InChI is InChI=1S/C12H20N2S/c1-9(2)15-8-10-6-13-14-7-11(10)12(3,4)5/h6-7,9H,8H2,1-5H3. The zero-order valence-corrected chi connectivity index (χ0v) is 11.1. The molecule has 0 unspecified atom stereocenters. The fraction of sp³-hybridized carbons (Fsp3) is 0.667. The monoisotopic (exact) mass is 224 g/mol. The Morgan fingerprint density at radius 1 is 1.20 bits per heavy atom. The summed E-state index contributed by atoms with van der Waals surface area (Å²) in [6.45, 7) is 11.1. The summed E-state index contributed by atoms with van der Waals surface area (Å²) in [6.07, 6.45) is 3.80. The van der Waals surface area contributed by atoms with Gasteiger partial charge < -0.3 is 0 Å². The van der Waals surface area contributed by atoms with Gasteiger partial charge in [-0.05, 0) is 21.8 Å². The molecular weight excluding hydrogens is 204 g/mol. The molecule has 0 saturated heterocycles. The molecule has 1 aromatic heterocycles. The van der Waals surface area contributed by atoms with Crippen LogP contribution in [-0.2, 0) is 11.2 Å². The number of hydrogen-bond acceptors (Lipinski definition) is 3. The molecule has 0 spiro atoms. The van der Waals surface area contributed by atoms with Crippen LogP contribution in [-0.4, -0.2) is 15.4 Å². The molecule has 84 valence electrons. The van der Waals surface area contributed by atoms with E-state index >= 15 is 0 Å². The summed E-state index contributed by atoms with van der Waals surface area (Å²) in [5, 5.41) is 8.61. The van der Waals surface area contributed by atoms with Crippen LogP contribution in [0, 0.1) is 0 Å². The summed E-state index contributed by atoms with van der Waals surface area (Å²) in [7, 11) is 0. The minimum Gasteiger partial charge on any atom is -0.159 e. The summed E-state index contributed by atoms with van der Waals surface area (Å²) in [5.74, 6) is 1.03. The van der Waals surface area contributed by atoms with Crippen LogP contribution in [0.25, 0.3) is 0 Å². The van der Waals surface area contributed by atoms with E-state index in [1.54, 1.807) is 0 Å². The van der Waals surface area contributed by atoms with Crippen LogP contribution in [0.3, 0.4) is 0 Å². The first-order valence-corrected chi connectivity index (χ1v) is 6.38. The molecule has 0 atom stereocenters. The Hall–Kier alpha value is -0.570. The molecule has 0 N–H and O–H groups in total. The van der Waals surface area contributed by atoms with E-state index in [1.807, 2.05) is 24.2 Å². The van der Waals surface area contributed by atoms with Crippen LogP contribution in [0.5, 0.6) is 0 Å². The third kappa shape index (κ3) is 3.82. The molecule has 1 heterocycles. The van der Waals surface area contributed by atoms with Gasteiger partial charge in [0.2, 0.25) is 0 Å². The van der Waals surface area contributed by atoms with Crippen molar-refractivity contribution in [1.29, 1.82) is 0 Å². The summed E-state index contributed by atoms with van der Waals surface area (Å²) in [4.78, 5) is 0. The van der Waals surface area contributed by atoms with E-state index in [0.717, 1.165) is 5.75 Å². The Morgan fingerprint density at radius 2 is 1.80 bits per heavy atom. The Bertz CT molecular complexity index is 316. The largest absolute Gasteiger partial charge is 0.159 e. The minimum atomic E-state index is 0.156. The highest BCUT2D eigenvalue weighted by atomic mass is 32.2. The van der Waals surface area contributed by atoms with Crippen LogP contribution in [0.2, 0.25) is 0 Å². The predicted molar refractivity (Wildman–Crippen MR) is 67.2 cm³/mol. The van der Waals surface area contributed by atoms with Crippen molar-refractivity contribution >= 4 is 11.8 Å².